The van der Waals surface area contributed by atoms with E-state index in [0.717, 1.165) is 17.7 Å². The van der Waals surface area contributed by atoms with Crippen molar-refractivity contribution in [2.24, 2.45) is 7.05 Å². The Morgan fingerprint density at radius 2 is 2.08 bits per heavy atom. The van der Waals surface area contributed by atoms with Gasteiger partial charge in [0, 0.05) is 32.3 Å². The Kier molecular flexibility index (Phi) is 4.06. The summed E-state index contributed by atoms with van der Waals surface area (Å²) >= 11 is 0. The van der Waals surface area contributed by atoms with E-state index in [4.69, 9.17) is 0 Å². The SMILES string of the molecule is Cn1cc([C@@H]2CCN(C(=O)c3ccc(F)cc3C(F)(F)F)C2)cn1. The van der Waals surface area contributed by atoms with Gasteiger partial charge in [0.25, 0.3) is 5.91 Å². The van der Waals surface area contributed by atoms with Crippen LogP contribution in [0.1, 0.15) is 33.8 Å². The van der Waals surface area contributed by atoms with Crippen LogP contribution in [-0.2, 0) is 13.2 Å². The van der Waals surface area contributed by atoms with Crippen molar-refractivity contribution >= 4 is 5.91 Å². The molecule has 128 valence electrons. The van der Waals surface area contributed by atoms with Crippen LogP contribution < -0.4 is 0 Å². The minimum Gasteiger partial charge on any atom is -0.338 e. The van der Waals surface area contributed by atoms with Gasteiger partial charge in [-0.15, -0.1) is 0 Å². The van der Waals surface area contributed by atoms with Gasteiger partial charge in [0.05, 0.1) is 17.3 Å². The summed E-state index contributed by atoms with van der Waals surface area (Å²) in [6.45, 7) is 0.673. The molecule has 0 saturated carbocycles. The van der Waals surface area contributed by atoms with E-state index in [2.05, 4.69) is 5.10 Å². The van der Waals surface area contributed by atoms with Crippen molar-refractivity contribution in [1.29, 1.82) is 0 Å². The zero-order valence-electron chi connectivity index (χ0n) is 12.8. The molecular formula is C16H15F4N3O. The van der Waals surface area contributed by atoms with E-state index in [9.17, 15) is 22.4 Å². The van der Waals surface area contributed by atoms with Gasteiger partial charge in [0.15, 0.2) is 0 Å². The maximum atomic E-state index is 13.2. The van der Waals surface area contributed by atoms with Crippen LogP contribution >= 0.6 is 0 Å². The van der Waals surface area contributed by atoms with E-state index in [0.29, 0.717) is 25.6 Å². The van der Waals surface area contributed by atoms with Gasteiger partial charge in [-0.05, 0) is 30.2 Å². The molecule has 0 unspecified atom stereocenters. The van der Waals surface area contributed by atoms with Crippen molar-refractivity contribution < 1.29 is 22.4 Å². The molecule has 2 aromatic rings. The smallest absolute Gasteiger partial charge is 0.338 e. The molecule has 1 aromatic heterocycles. The largest absolute Gasteiger partial charge is 0.417 e. The first-order valence-electron chi connectivity index (χ1n) is 7.40. The highest BCUT2D eigenvalue weighted by atomic mass is 19.4. The number of halogens is 4. The quantitative estimate of drug-likeness (QED) is 0.787. The van der Waals surface area contributed by atoms with Crippen LogP contribution in [0.15, 0.2) is 30.6 Å². The van der Waals surface area contributed by atoms with Crippen LogP contribution in [0.4, 0.5) is 17.6 Å². The average molecular weight is 341 g/mol. The summed E-state index contributed by atoms with van der Waals surface area (Å²) < 4.78 is 54.0. The summed E-state index contributed by atoms with van der Waals surface area (Å²) in [6, 6.07) is 2.14. The second-order valence-corrected chi connectivity index (χ2v) is 5.87. The highest BCUT2D eigenvalue weighted by Crippen LogP contribution is 2.34. The number of aryl methyl sites for hydroxylation is 1. The number of alkyl halides is 3. The highest BCUT2D eigenvalue weighted by Gasteiger charge is 2.38. The van der Waals surface area contributed by atoms with Crippen molar-refractivity contribution in [1.82, 2.24) is 14.7 Å². The molecule has 4 nitrogen and oxygen atoms in total. The predicted octanol–water partition coefficient (Wildman–Crippen LogP) is 3.21. The average Bonchev–Trinajstić information content (AvgIpc) is 3.14. The normalized spacial score (nSPS) is 18.2. The number of carbonyl (C=O) groups excluding carboxylic acids is 1. The topological polar surface area (TPSA) is 38.1 Å². The molecule has 2 heterocycles. The number of benzene rings is 1. The van der Waals surface area contributed by atoms with Gasteiger partial charge in [-0.3, -0.25) is 9.48 Å². The van der Waals surface area contributed by atoms with Crippen LogP contribution in [0.3, 0.4) is 0 Å². The molecule has 0 aliphatic carbocycles. The molecule has 1 saturated heterocycles. The molecule has 1 atom stereocenters. The first-order valence-corrected chi connectivity index (χ1v) is 7.40. The lowest BCUT2D eigenvalue weighted by Crippen LogP contribution is -2.30. The molecule has 1 aliphatic heterocycles. The van der Waals surface area contributed by atoms with E-state index >= 15 is 0 Å². The van der Waals surface area contributed by atoms with Crippen LogP contribution in [0, 0.1) is 5.82 Å². The molecule has 0 bridgehead atoms. The maximum Gasteiger partial charge on any atom is 0.417 e. The van der Waals surface area contributed by atoms with E-state index in [1.807, 2.05) is 6.20 Å². The summed E-state index contributed by atoms with van der Waals surface area (Å²) in [4.78, 5) is 13.9. The number of aromatic nitrogens is 2. The molecular weight excluding hydrogens is 326 g/mol. The van der Waals surface area contributed by atoms with Crippen LogP contribution in [0.5, 0.6) is 0 Å². The van der Waals surface area contributed by atoms with Gasteiger partial charge < -0.3 is 4.90 Å². The lowest BCUT2D eigenvalue weighted by Gasteiger charge is -2.19. The van der Waals surface area contributed by atoms with Gasteiger partial charge >= 0.3 is 6.18 Å². The van der Waals surface area contributed by atoms with Crippen molar-refractivity contribution in [3.05, 3.63) is 53.1 Å². The first-order chi connectivity index (χ1) is 11.3. The monoisotopic (exact) mass is 341 g/mol. The lowest BCUT2D eigenvalue weighted by atomic mass is 10.0. The second-order valence-electron chi connectivity index (χ2n) is 5.87. The highest BCUT2D eigenvalue weighted by molar-refractivity contribution is 5.96. The molecule has 0 radical (unpaired) electrons. The molecule has 1 aromatic carbocycles. The standard InChI is InChI=1S/C16H15F4N3O/c1-22-8-11(7-21-22)10-4-5-23(9-10)15(24)13-3-2-12(17)6-14(13)16(18,19)20/h2-3,6-8,10H,4-5,9H2,1H3/t10-/m1/s1. The Bertz CT molecular complexity index is 769. The van der Waals surface area contributed by atoms with Gasteiger partial charge in [-0.1, -0.05) is 0 Å². The molecule has 1 fully saturated rings. The Labute approximate surface area is 135 Å². The molecule has 0 N–H and O–H groups in total. The molecule has 8 heteroatoms. The van der Waals surface area contributed by atoms with Crippen LogP contribution in [-0.4, -0.2) is 33.7 Å². The van der Waals surface area contributed by atoms with E-state index in [1.54, 1.807) is 17.9 Å². The lowest BCUT2D eigenvalue weighted by molar-refractivity contribution is -0.138. The van der Waals surface area contributed by atoms with Crippen LogP contribution in [0.2, 0.25) is 0 Å². The number of amides is 1. The number of carbonyl (C=O) groups is 1. The summed E-state index contributed by atoms with van der Waals surface area (Å²) in [5.41, 5.74) is -0.809. The number of rotatable bonds is 2. The Morgan fingerprint density at radius 1 is 1.33 bits per heavy atom. The van der Waals surface area contributed by atoms with Crippen LogP contribution in [0.25, 0.3) is 0 Å². The van der Waals surface area contributed by atoms with Gasteiger partial charge in [-0.2, -0.15) is 18.3 Å². The molecule has 1 amide bonds. The van der Waals surface area contributed by atoms with Crippen molar-refractivity contribution in [3.63, 3.8) is 0 Å². The molecule has 24 heavy (non-hydrogen) atoms. The Morgan fingerprint density at radius 3 is 2.71 bits per heavy atom. The van der Waals surface area contributed by atoms with E-state index in [-0.39, 0.29) is 5.92 Å². The third-order valence-electron chi connectivity index (χ3n) is 4.19. The molecule has 3 rings (SSSR count). The minimum atomic E-state index is -4.78. The number of likely N-dealkylation sites (tertiary alicyclic amines) is 1. The van der Waals surface area contributed by atoms with E-state index < -0.39 is 29.0 Å². The Hall–Kier alpha value is -2.38. The zero-order valence-corrected chi connectivity index (χ0v) is 12.8. The number of hydrogen-bond acceptors (Lipinski definition) is 2. The molecule has 0 spiro atoms. The number of nitrogens with zero attached hydrogens (tertiary/aromatic N) is 3. The minimum absolute atomic E-state index is 0.0393. The van der Waals surface area contributed by atoms with Crippen molar-refractivity contribution in [2.75, 3.05) is 13.1 Å². The third-order valence-corrected chi connectivity index (χ3v) is 4.19. The summed E-state index contributed by atoms with van der Waals surface area (Å²) in [5, 5.41) is 4.07. The van der Waals surface area contributed by atoms with Crippen molar-refractivity contribution in [2.45, 2.75) is 18.5 Å². The third kappa shape index (κ3) is 3.13. The van der Waals surface area contributed by atoms with E-state index in [1.165, 1.54) is 4.90 Å². The summed E-state index contributed by atoms with van der Waals surface area (Å²) in [5.74, 6) is -1.71. The van der Waals surface area contributed by atoms with Gasteiger partial charge in [0.2, 0.25) is 0 Å². The maximum absolute atomic E-state index is 13.2. The first kappa shape index (κ1) is 16.5. The van der Waals surface area contributed by atoms with Gasteiger partial charge in [0.1, 0.15) is 5.82 Å². The van der Waals surface area contributed by atoms with Gasteiger partial charge in [-0.25, -0.2) is 4.39 Å². The fraction of sp³-hybridized carbons (Fsp3) is 0.375. The second kappa shape index (κ2) is 5.92. The fourth-order valence-electron chi connectivity index (χ4n) is 2.98. The fourth-order valence-corrected chi connectivity index (χ4v) is 2.98. The molecule has 1 aliphatic rings. The Balaban J connectivity index is 1.83. The zero-order chi connectivity index (χ0) is 17.5. The summed E-state index contributed by atoms with van der Waals surface area (Å²) in [6.07, 6.45) is -0.606. The predicted molar refractivity (Wildman–Crippen MR) is 77.9 cm³/mol. The summed E-state index contributed by atoms with van der Waals surface area (Å²) in [7, 11) is 1.77. The number of hydrogen-bond donors (Lipinski definition) is 0. The van der Waals surface area contributed by atoms with Crippen molar-refractivity contribution in [3.8, 4) is 0 Å².